The van der Waals surface area contributed by atoms with Crippen molar-refractivity contribution >= 4 is 28.2 Å². The van der Waals surface area contributed by atoms with Crippen LogP contribution < -0.4 is 5.32 Å². The number of anilines is 1. The van der Waals surface area contributed by atoms with Gasteiger partial charge in [-0.1, -0.05) is 35.5 Å². The molecule has 7 heteroatoms. The molecule has 1 aliphatic carbocycles. The Labute approximate surface area is 153 Å². The van der Waals surface area contributed by atoms with Gasteiger partial charge in [0.25, 0.3) is 0 Å². The molecule has 0 aliphatic heterocycles. The number of hydrogen-bond acceptors (Lipinski definition) is 6. The Hall–Kier alpha value is -2.93. The molecule has 1 amide bonds. The van der Waals surface area contributed by atoms with Crippen LogP contribution in [-0.4, -0.2) is 24.1 Å². The molecule has 132 valence electrons. The SMILES string of the molecule is COC(=O)c1ccsc1NC(=O)C1(c2cc(-c3ccccc3)on2)CC1. The molecule has 0 unspecified atom stereocenters. The quantitative estimate of drug-likeness (QED) is 0.692. The third-order valence-electron chi connectivity index (χ3n) is 4.54. The van der Waals surface area contributed by atoms with Crippen molar-refractivity contribution in [3.8, 4) is 11.3 Å². The van der Waals surface area contributed by atoms with E-state index in [2.05, 4.69) is 10.5 Å². The van der Waals surface area contributed by atoms with Gasteiger partial charge in [-0.15, -0.1) is 11.3 Å². The van der Waals surface area contributed by atoms with Crippen LogP contribution in [0, 0.1) is 0 Å². The van der Waals surface area contributed by atoms with E-state index in [0.29, 0.717) is 34.9 Å². The first kappa shape index (κ1) is 16.5. The van der Waals surface area contributed by atoms with Gasteiger partial charge in [-0.3, -0.25) is 4.79 Å². The fourth-order valence-electron chi connectivity index (χ4n) is 2.86. The topological polar surface area (TPSA) is 81.4 Å². The van der Waals surface area contributed by atoms with Crippen molar-refractivity contribution in [2.24, 2.45) is 0 Å². The summed E-state index contributed by atoms with van der Waals surface area (Å²) in [6, 6.07) is 13.1. The maximum absolute atomic E-state index is 12.9. The zero-order valence-electron chi connectivity index (χ0n) is 14.0. The van der Waals surface area contributed by atoms with Crippen molar-refractivity contribution in [3.05, 3.63) is 59.1 Å². The molecule has 2 heterocycles. The first-order valence-corrected chi connectivity index (χ1v) is 9.02. The smallest absolute Gasteiger partial charge is 0.340 e. The average molecular weight is 368 g/mol. The number of benzene rings is 1. The van der Waals surface area contributed by atoms with E-state index in [1.807, 2.05) is 36.4 Å². The molecule has 4 rings (SSSR count). The van der Waals surface area contributed by atoms with Crippen molar-refractivity contribution in [1.82, 2.24) is 5.16 Å². The van der Waals surface area contributed by atoms with Crippen LogP contribution in [0.5, 0.6) is 0 Å². The van der Waals surface area contributed by atoms with Crippen LogP contribution in [0.4, 0.5) is 5.00 Å². The van der Waals surface area contributed by atoms with Gasteiger partial charge < -0.3 is 14.6 Å². The minimum absolute atomic E-state index is 0.182. The molecule has 1 N–H and O–H groups in total. The number of aromatic nitrogens is 1. The van der Waals surface area contributed by atoms with E-state index in [0.717, 1.165) is 5.56 Å². The van der Waals surface area contributed by atoms with Crippen LogP contribution in [0.2, 0.25) is 0 Å². The van der Waals surface area contributed by atoms with Gasteiger partial charge in [0.2, 0.25) is 5.91 Å². The van der Waals surface area contributed by atoms with E-state index in [1.165, 1.54) is 18.4 Å². The van der Waals surface area contributed by atoms with Gasteiger partial charge in [-0.2, -0.15) is 0 Å². The molecule has 3 aromatic rings. The number of nitrogens with zero attached hydrogens (tertiary/aromatic N) is 1. The Bertz CT molecular complexity index is 957. The Morgan fingerprint density at radius 2 is 2.00 bits per heavy atom. The van der Waals surface area contributed by atoms with E-state index in [1.54, 1.807) is 11.4 Å². The third kappa shape index (κ3) is 2.80. The standard InChI is InChI=1S/C19H16N2O4S/c1-24-17(22)13-7-10-26-16(13)20-18(23)19(8-9-19)15-11-14(25-21-15)12-5-3-2-4-6-12/h2-7,10-11H,8-9H2,1H3,(H,20,23). The number of ether oxygens (including phenoxy) is 1. The lowest BCUT2D eigenvalue weighted by molar-refractivity contribution is -0.118. The first-order valence-electron chi connectivity index (χ1n) is 8.14. The second-order valence-electron chi connectivity index (χ2n) is 6.13. The summed E-state index contributed by atoms with van der Waals surface area (Å²) in [5.74, 6) is -0.0248. The molecule has 0 bridgehead atoms. The maximum Gasteiger partial charge on any atom is 0.340 e. The fraction of sp³-hybridized carbons (Fsp3) is 0.211. The van der Waals surface area contributed by atoms with Crippen LogP contribution in [0.1, 0.15) is 28.9 Å². The van der Waals surface area contributed by atoms with Crippen molar-refractivity contribution in [3.63, 3.8) is 0 Å². The molecular formula is C19H16N2O4S. The molecule has 1 fully saturated rings. The highest BCUT2D eigenvalue weighted by Gasteiger charge is 2.54. The van der Waals surface area contributed by atoms with E-state index in [4.69, 9.17) is 9.26 Å². The van der Waals surface area contributed by atoms with Crippen molar-refractivity contribution in [1.29, 1.82) is 0 Å². The largest absolute Gasteiger partial charge is 0.465 e. The van der Waals surface area contributed by atoms with Crippen molar-refractivity contribution in [2.75, 3.05) is 12.4 Å². The zero-order valence-corrected chi connectivity index (χ0v) is 14.8. The number of nitrogens with one attached hydrogen (secondary N) is 1. The second kappa shape index (κ2) is 6.42. The number of carbonyl (C=O) groups is 2. The number of amides is 1. The minimum atomic E-state index is -0.700. The summed E-state index contributed by atoms with van der Waals surface area (Å²) < 4.78 is 10.2. The van der Waals surface area contributed by atoms with Crippen molar-refractivity contribution in [2.45, 2.75) is 18.3 Å². The van der Waals surface area contributed by atoms with Gasteiger partial charge in [0.1, 0.15) is 5.00 Å². The molecule has 0 spiro atoms. The Morgan fingerprint density at radius 1 is 1.23 bits per heavy atom. The molecule has 26 heavy (non-hydrogen) atoms. The molecule has 1 saturated carbocycles. The molecule has 0 radical (unpaired) electrons. The summed E-state index contributed by atoms with van der Waals surface area (Å²) in [5.41, 5.74) is 1.18. The molecule has 1 aliphatic rings. The van der Waals surface area contributed by atoms with Crippen LogP contribution in [-0.2, 0) is 14.9 Å². The number of methoxy groups -OCH3 is 1. The van der Waals surface area contributed by atoms with Crippen LogP contribution in [0.15, 0.2) is 52.4 Å². The van der Waals surface area contributed by atoms with E-state index in [9.17, 15) is 9.59 Å². The molecule has 6 nitrogen and oxygen atoms in total. The zero-order chi connectivity index (χ0) is 18.1. The van der Waals surface area contributed by atoms with Gasteiger partial charge in [0.05, 0.1) is 23.8 Å². The summed E-state index contributed by atoms with van der Waals surface area (Å²) in [7, 11) is 1.31. The van der Waals surface area contributed by atoms with E-state index < -0.39 is 11.4 Å². The number of thiophene rings is 1. The minimum Gasteiger partial charge on any atom is -0.465 e. The first-order chi connectivity index (χ1) is 12.6. The number of esters is 1. The highest BCUT2D eigenvalue weighted by Crippen LogP contribution is 2.49. The summed E-state index contributed by atoms with van der Waals surface area (Å²) in [6.45, 7) is 0. The highest BCUT2D eigenvalue weighted by atomic mass is 32.1. The molecule has 2 aromatic heterocycles. The normalized spacial score (nSPS) is 14.7. The number of hydrogen-bond donors (Lipinski definition) is 1. The third-order valence-corrected chi connectivity index (χ3v) is 5.37. The average Bonchev–Trinajstić information content (AvgIpc) is 3.12. The van der Waals surface area contributed by atoms with Gasteiger partial charge >= 0.3 is 5.97 Å². The molecule has 1 aromatic carbocycles. The second-order valence-corrected chi connectivity index (χ2v) is 7.05. The monoisotopic (exact) mass is 368 g/mol. The van der Waals surface area contributed by atoms with Crippen LogP contribution >= 0.6 is 11.3 Å². The van der Waals surface area contributed by atoms with Crippen LogP contribution in [0.25, 0.3) is 11.3 Å². The summed E-state index contributed by atoms with van der Waals surface area (Å²) in [5, 5.41) is 9.21. The van der Waals surface area contributed by atoms with Gasteiger partial charge in [0, 0.05) is 11.6 Å². The summed E-state index contributed by atoms with van der Waals surface area (Å²) in [6.07, 6.45) is 1.39. The van der Waals surface area contributed by atoms with Crippen LogP contribution in [0.3, 0.4) is 0 Å². The molecular weight excluding hydrogens is 352 g/mol. The Morgan fingerprint density at radius 3 is 2.69 bits per heavy atom. The lowest BCUT2D eigenvalue weighted by Gasteiger charge is -2.12. The highest BCUT2D eigenvalue weighted by molar-refractivity contribution is 7.14. The Balaban J connectivity index is 1.56. The molecule has 0 atom stereocenters. The fourth-order valence-corrected chi connectivity index (χ4v) is 3.63. The number of rotatable bonds is 5. The van der Waals surface area contributed by atoms with Gasteiger partial charge in [0.15, 0.2) is 5.76 Å². The van der Waals surface area contributed by atoms with Crippen molar-refractivity contribution < 1.29 is 18.8 Å². The molecule has 0 saturated heterocycles. The van der Waals surface area contributed by atoms with Gasteiger partial charge in [-0.05, 0) is 24.3 Å². The van der Waals surface area contributed by atoms with E-state index >= 15 is 0 Å². The maximum atomic E-state index is 12.9. The predicted molar refractivity (Wildman–Crippen MR) is 97.1 cm³/mol. The predicted octanol–water partition coefficient (Wildman–Crippen LogP) is 3.86. The van der Waals surface area contributed by atoms with Gasteiger partial charge in [-0.25, -0.2) is 4.79 Å². The number of carbonyl (C=O) groups excluding carboxylic acids is 2. The lowest BCUT2D eigenvalue weighted by Crippen LogP contribution is -2.28. The summed E-state index contributed by atoms with van der Waals surface area (Å²) >= 11 is 1.29. The summed E-state index contributed by atoms with van der Waals surface area (Å²) in [4.78, 5) is 24.6. The Kier molecular flexibility index (Phi) is 4.08. The lowest BCUT2D eigenvalue weighted by atomic mass is 10.0. The van der Waals surface area contributed by atoms with E-state index in [-0.39, 0.29) is 5.91 Å².